The van der Waals surface area contributed by atoms with Gasteiger partial charge in [0, 0.05) is 32.7 Å². The molecule has 1 spiro atoms. The Morgan fingerprint density at radius 3 is 3.00 bits per heavy atom. The Morgan fingerprint density at radius 1 is 1.33 bits per heavy atom. The third kappa shape index (κ3) is 4.01. The minimum atomic E-state index is -0.567. The van der Waals surface area contributed by atoms with Gasteiger partial charge in [-0.1, -0.05) is 35.0 Å². The van der Waals surface area contributed by atoms with E-state index in [1.165, 1.54) is 17.5 Å². The molecular formula is C21H29N3O3. The fourth-order valence-corrected chi connectivity index (χ4v) is 4.31. The van der Waals surface area contributed by atoms with E-state index in [1.807, 2.05) is 4.90 Å². The minimum Gasteiger partial charge on any atom is -0.384 e. The lowest BCUT2D eigenvalue weighted by atomic mass is 9.85. The number of benzene rings is 1. The Hall–Kier alpha value is -1.92. The van der Waals surface area contributed by atoms with Crippen molar-refractivity contribution in [3.8, 4) is 0 Å². The van der Waals surface area contributed by atoms with Gasteiger partial charge in [-0.15, -0.1) is 0 Å². The molecule has 2 fully saturated rings. The van der Waals surface area contributed by atoms with Crippen LogP contribution >= 0.6 is 0 Å². The average Bonchev–Trinajstić information content (AvgIpc) is 3.12. The number of rotatable bonds is 4. The molecule has 2 unspecified atom stereocenters. The highest BCUT2D eigenvalue weighted by Gasteiger charge is 2.50. The molecule has 0 radical (unpaired) electrons. The highest BCUT2D eigenvalue weighted by atomic mass is 16.7. The van der Waals surface area contributed by atoms with Gasteiger partial charge in [-0.25, -0.2) is 0 Å². The first-order chi connectivity index (χ1) is 13.2. The van der Waals surface area contributed by atoms with Crippen LogP contribution in [0.5, 0.6) is 0 Å². The monoisotopic (exact) mass is 371 g/mol. The van der Waals surface area contributed by atoms with Crippen LogP contribution < -0.4 is 5.32 Å². The van der Waals surface area contributed by atoms with Gasteiger partial charge in [-0.3, -0.25) is 4.79 Å². The van der Waals surface area contributed by atoms with Crippen LogP contribution in [0.2, 0.25) is 0 Å². The van der Waals surface area contributed by atoms with Crippen LogP contribution in [0.25, 0.3) is 0 Å². The molecule has 0 aliphatic carbocycles. The first kappa shape index (κ1) is 18.4. The van der Waals surface area contributed by atoms with Crippen molar-refractivity contribution in [2.45, 2.75) is 57.2 Å². The molecule has 0 saturated carbocycles. The zero-order valence-corrected chi connectivity index (χ0v) is 16.1. The van der Waals surface area contributed by atoms with Gasteiger partial charge in [0.05, 0.1) is 12.6 Å². The molecule has 2 saturated heterocycles. The summed E-state index contributed by atoms with van der Waals surface area (Å²) in [5.74, 6) is 0.0367. The predicted molar refractivity (Wildman–Crippen MR) is 104 cm³/mol. The van der Waals surface area contributed by atoms with E-state index in [9.17, 15) is 4.79 Å². The number of nitrogens with zero attached hydrogens (tertiary/aromatic N) is 2. The number of carbonyl (C=O) groups excluding carboxylic acids is 1. The Labute approximate surface area is 160 Å². The number of hydrogen-bond donors (Lipinski definition) is 1. The summed E-state index contributed by atoms with van der Waals surface area (Å²) in [5.41, 5.74) is 2.49. The zero-order valence-electron chi connectivity index (χ0n) is 16.1. The lowest BCUT2D eigenvalue weighted by Gasteiger charge is -2.39. The van der Waals surface area contributed by atoms with Crippen molar-refractivity contribution in [2.24, 2.45) is 5.16 Å². The van der Waals surface area contributed by atoms with Crippen LogP contribution in [0.3, 0.4) is 0 Å². The number of ether oxygens (including phenoxy) is 1. The van der Waals surface area contributed by atoms with Crippen LogP contribution in [-0.2, 0) is 20.9 Å². The van der Waals surface area contributed by atoms with Crippen molar-refractivity contribution in [3.63, 3.8) is 0 Å². The van der Waals surface area contributed by atoms with Crippen molar-refractivity contribution in [3.05, 3.63) is 35.4 Å². The smallest absolute Gasteiger partial charge is 0.271 e. The van der Waals surface area contributed by atoms with Gasteiger partial charge in [0.2, 0.25) is 0 Å². The summed E-state index contributed by atoms with van der Waals surface area (Å²) in [5, 5.41) is 7.85. The molecule has 1 amide bonds. The van der Waals surface area contributed by atoms with Crippen molar-refractivity contribution in [1.29, 1.82) is 0 Å². The molecule has 1 N–H and O–H groups in total. The first-order valence-corrected chi connectivity index (χ1v) is 10.1. The first-order valence-electron chi connectivity index (χ1n) is 10.1. The Balaban J connectivity index is 1.40. The highest BCUT2D eigenvalue weighted by molar-refractivity contribution is 6.39. The quantitative estimate of drug-likeness (QED) is 0.883. The van der Waals surface area contributed by atoms with Crippen molar-refractivity contribution < 1.29 is 14.4 Å². The van der Waals surface area contributed by atoms with E-state index in [0.29, 0.717) is 25.3 Å². The SMILES string of the molecule is Cc1cccc(CNC2CCOCC23CC(C(=O)N2CCCCC2)=NO3)c1. The lowest BCUT2D eigenvalue weighted by molar-refractivity contribution is -0.131. The van der Waals surface area contributed by atoms with Crippen LogP contribution in [0.4, 0.5) is 0 Å². The van der Waals surface area contributed by atoms with Crippen LogP contribution in [0.15, 0.2) is 29.4 Å². The fraction of sp³-hybridized carbons (Fsp3) is 0.619. The van der Waals surface area contributed by atoms with Crippen LogP contribution in [0, 0.1) is 6.92 Å². The summed E-state index contributed by atoms with van der Waals surface area (Å²) in [4.78, 5) is 20.6. The molecule has 4 rings (SSSR count). The Kier molecular flexibility index (Phi) is 5.45. The summed E-state index contributed by atoms with van der Waals surface area (Å²) in [7, 11) is 0. The van der Waals surface area contributed by atoms with E-state index in [1.54, 1.807) is 0 Å². The van der Waals surface area contributed by atoms with Crippen molar-refractivity contribution in [1.82, 2.24) is 10.2 Å². The molecule has 1 aromatic rings. The third-order valence-corrected chi connectivity index (χ3v) is 5.86. The van der Waals surface area contributed by atoms with Crippen molar-refractivity contribution >= 4 is 11.6 Å². The number of amides is 1. The third-order valence-electron chi connectivity index (χ3n) is 5.86. The topological polar surface area (TPSA) is 63.2 Å². The van der Waals surface area contributed by atoms with Gasteiger partial charge < -0.3 is 19.8 Å². The number of likely N-dealkylation sites (tertiary alicyclic amines) is 1. The van der Waals surface area contributed by atoms with Gasteiger partial charge in [0.15, 0.2) is 5.60 Å². The number of oxime groups is 1. The molecule has 2 atom stereocenters. The fourth-order valence-electron chi connectivity index (χ4n) is 4.31. The number of nitrogens with one attached hydrogen (secondary N) is 1. The maximum atomic E-state index is 12.8. The summed E-state index contributed by atoms with van der Waals surface area (Å²) < 4.78 is 5.72. The predicted octanol–water partition coefficient (Wildman–Crippen LogP) is 2.40. The molecule has 3 aliphatic heterocycles. The summed E-state index contributed by atoms with van der Waals surface area (Å²) in [6.07, 6.45) is 4.74. The lowest BCUT2D eigenvalue weighted by Crippen LogP contribution is -2.57. The second kappa shape index (κ2) is 7.98. The minimum absolute atomic E-state index is 0.0367. The van der Waals surface area contributed by atoms with Crippen molar-refractivity contribution in [2.75, 3.05) is 26.3 Å². The number of aryl methyl sites for hydroxylation is 1. The van der Waals surface area contributed by atoms with Gasteiger partial charge in [-0.05, 0) is 38.2 Å². The summed E-state index contributed by atoms with van der Waals surface area (Å²) in [6, 6.07) is 8.62. The van der Waals surface area contributed by atoms with Gasteiger partial charge >= 0.3 is 0 Å². The number of piperidine rings is 1. The second-order valence-electron chi connectivity index (χ2n) is 7.99. The van der Waals surface area contributed by atoms with Gasteiger partial charge in [-0.2, -0.15) is 0 Å². The molecule has 146 valence electrons. The van der Waals surface area contributed by atoms with Gasteiger partial charge in [0.1, 0.15) is 5.71 Å². The summed E-state index contributed by atoms with van der Waals surface area (Å²) in [6.45, 7) is 5.70. The maximum Gasteiger partial charge on any atom is 0.271 e. The average molecular weight is 371 g/mol. The molecule has 6 nitrogen and oxygen atoms in total. The normalized spacial score (nSPS) is 28.1. The van der Waals surface area contributed by atoms with E-state index in [-0.39, 0.29) is 11.9 Å². The highest BCUT2D eigenvalue weighted by Crippen LogP contribution is 2.33. The largest absolute Gasteiger partial charge is 0.384 e. The Bertz CT molecular complexity index is 714. The molecule has 27 heavy (non-hydrogen) atoms. The molecular weight excluding hydrogens is 342 g/mol. The van der Waals surface area contributed by atoms with E-state index in [2.05, 4.69) is 41.7 Å². The molecule has 1 aromatic carbocycles. The van der Waals surface area contributed by atoms with E-state index < -0.39 is 5.60 Å². The van der Waals surface area contributed by atoms with E-state index in [4.69, 9.17) is 9.57 Å². The molecule has 6 heteroatoms. The second-order valence-corrected chi connectivity index (χ2v) is 7.99. The standard InChI is InChI=1S/C21H29N3O3/c1-16-6-5-7-17(12-16)14-22-19-8-11-26-15-21(19)13-18(23-27-21)20(25)24-9-3-2-4-10-24/h5-7,12,19,22H,2-4,8-11,13-15H2,1H3. The zero-order chi connectivity index (χ0) is 18.7. The summed E-state index contributed by atoms with van der Waals surface area (Å²) >= 11 is 0. The Morgan fingerprint density at radius 2 is 2.19 bits per heavy atom. The number of carbonyl (C=O) groups is 1. The number of hydrogen-bond acceptors (Lipinski definition) is 5. The van der Waals surface area contributed by atoms with Crippen LogP contribution in [-0.4, -0.2) is 54.5 Å². The molecule has 3 aliphatic rings. The van der Waals surface area contributed by atoms with Crippen LogP contribution in [0.1, 0.15) is 43.2 Å². The van der Waals surface area contributed by atoms with Gasteiger partial charge in [0.25, 0.3) is 5.91 Å². The maximum absolute atomic E-state index is 12.8. The van der Waals surface area contributed by atoms with E-state index in [0.717, 1.165) is 38.9 Å². The molecule has 3 heterocycles. The van der Waals surface area contributed by atoms with E-state index >= 15 is 0 Å². The molecule has 0 aromatic heterocycles. The molecule has 0 bridgehead atoms.